The summed E-state index contributed by atoms with van der Waals surface area (Å²) in [6.45, 7) is 2.86. The van der Waals surface area contributed by atoms with Crippen LogP contribution in [0.3, 0.4) is 0 Å². The fourth-order valence-corrected chi connectivity index (χ4v) is 3.23. The highest BCUT2D eigenvalue weighted by atomic mass is 16.6. The summed E-state index contributed by atoms with van der Waals surface area (Å²) in [6, 6.07) is 16.6. The Morgan fingerprint density at radius 1 is 1.12 bits per heavy atom. The molecular weight excluding hydrogens is 318 g/mol. The minimum absolute atomic E-state index is 0.0902. The number of carboxylic acids is 1. The molecule has 1 fully saturated rings. The molecule has 1 heterocycles. The molecule has 5 nitrogen and oxygen atoms in total. The Morgan fingerprint density at radius 3 is 2.44 bits per heavy atom. The molecule has 0 saturated carbocycles. The summed E-state index contributed by atoms with van der Waals surface area (Å²) < 4.78 is 5.43. The molecule has 2 aromatic carbocycles. The average molecular weight is 339 g/mol. The number of benzene rings is 2. The van der Waals surface area contributed by atoms with Crippen LogP contribution in [0.1, 0.15) is 40.7 Å². The first-order chi connectivity index (χ1) is 12.0. The van der Waals surface area contributed by atoms with Crippen molar-refractivity contribution in [3.8, 4) is 0 Å². The number of aromatic carboxylic acids is 1. The van der Waals surface area contributed by atoms with E-state index in [0.717, 1.165) is 17.5 Å². The minimum Gasteiger partial charge on any atom is -0.478 e. The molecule has 1 aliphatic heterocycles. The first kappa shape index (κ1) is 17.0. The van der Waals surface area contributed by atoms with Crippen LogP contribution in [-0.2, 0) is 11.3 Å². The Kier molecular flexibility index (Phi) is 5.03. The second-order valence-corrected chi connectivity index (χ2v) is 6.40. The van der Waals surface area contributed by atoms with Crippen LogP contribution in [0.25, 0.3) is 0 Å². The van der Waals surface area contributed by atoms with E-state index in [0.29, 0.717) is 6.54 Å². The minimum atomic E-state index is -0.933. The van der Waals surface area contributed by atoms with Crippen LogP contribution >= 0.6 is 0 Å². The Hall–Kier alpha value is -2.82. The number of carboxylic acid groups (broad SMARTS) is 1. The van der Waals surface area contributed by atoms with Crippen LogP contribution in [0, 0.1) is 0 Å². The van der Waals surface area contributed by atoms with E-state index in [4.69, 9.17) is 9.84 Å². The highest BCUT2D eigenvalue weighted by molar-refractivity contribution is 5.87. The maximum absolute atomic E-state index is 12.4. The number of carbonyl (C=O) groups excluding carboxylic acids is 1. The van der Waals surface area contributed by atoms with Gasteiger partial charge in [-0.15, -0.1) is 0 Å². The standard InChI is InChI=1S/C20H21NO4/c1-14-11-18(16-7-9-17(10-8-16)19(22)23)12-21(14)20(24)25-13-15-5-3-2-4-6-15/h2-10,14,18H,11-13H2,1H3,(H,22,23)/t14-,18+/m1/s1. The molecule has 0 spiro atoms. The zero-order chi connectivity index (χ0) is 17.8. The lowest BCUT2D eigenvalue weighted by molar-refractivity contribution is 0.0696. The van der Waals surface area contributed by atoms with Crippen molar-refractivity contribution in [1.29, 1.82) is 0 Å². The zero-order valence-electron chi connectivity index (χ0n) is 14.1. The van der Waals surface area contributed by atoms with Crippen molar-refractivity contribution in [2.75, 3.05) is 6.54 Å². The van der Waals surface area contributed by atoms with Gasteiger partial charge in [-0.3, -0.25) is 0 Å². The molecule has 0 unspecified atom stereocenters. The van der Waals surface area contributed by atoms with Crippen LogP contribution in [0.5, 0.6) is 0 Å². The first-order valence-electron chi connectivity index (χ1n) is 8.35. The Labute approximate surface area is 146 Å². The molecule has 1 amide bonds. The number of carbonyl (C=O) groups is 2. The molecule has 2 aromatic rings. The number of hydrogen-bond acceptors (Lipinski definition) is 3. The topological polar surface area (TPSA) is 66.8 Å². The molecule has 0 aliphatic carbocycles. The molecule has 25 heavy (non-hydrogen) atoms. The first-order valence-corrected chi connectivity index (χ1v) is 8.35. The third-order valence-corrected chi connectivity index (χ3v) is 4.64. The van der Waals surface area contributed by atoms with E-state index in [9.17, 15) is 9.59 Å². The highest BCUT2D eigenvalue weighted by Crippen LogP contribution is 2.32. The molecule has 5 heteroatoms. The van der Waals surface area contributed by atoms with Gasteiger partial charge in [0.15, 0.2) is 0 Å². The van der Waals surface area contributed by atoms with Crippen LogP contribution in [0.2, 0.25) is 0 Å². The van der Waals surface area contributed by atoms with Gasteiger partial charge in [-0.1, -0.05) is 42.5 Å². The molecular formula is C20H21NO4. The van der Waals surface area contributed by atoms with Gasteiger partial charge in [0.05, 0.1) is 5.56 Å². The molecule has 0 bridgehead atoms. The average Bonchev–Trinajstić information content (AvgIpc) is 3.02. The lowest BCUT2D eigenvalue weighted by Gasteiger charge is -2.20. The quantitative estimate of drug-likeness (QED) is 0.917. The smallest absolute Gasteiger partial charge is 0.410 e. The molecule has 1 aliphatic rings. The van der Waals surface area contributed by atoms with Crippen molar-refractivity contribution >= 4 is 12.1 Å². The van der Waals surface area contributed by atoms with Gasteiger partial charge in [-0.05, 0) is 36.6 Å². The molecule has 0 aromatic heterocycles. The maximum atomic E-state index is 12.4. The van der Waals surface area contributed by atoms with Gasteiger partial charge >= 0.3 is 12.1 Å². The fourth-order valence-electron chi connectivity index (χ4n) is 3.23. The maximum Gasteiger partial charge on any atom is 0.410 e. The Morgan fingerprint density at radius 2 is 1.80 bits per heavy atom. The number of amides is 1. The van der Waals surface area contributed by atoms with Gasteiger partial charge in [0, 0.05) is 18.5 Å². The van der Waals surface area contributed by atoms with Crippen molar-refractivity contribution in [2.24, 2.45) is 0 Å². The third kappa shape index (κ3) is 3.99. The largest absolute Gasteiger partial charge is 0.478 e. The second kappa shape index (κ2) is 7.38. The van der Waals surface area contributed by atoms with Gasteiger partial charge in [0.2, 0.25) is 0 Å². The van der Waals surface area contributed by atoms with Crippen molar-refractivity contribution in [3.63, 3.8) is 0 Å². The SMILES string of the molecule is C[C@@H]1C[C@H](c2ccc(C(=O)O)cc2)CN1C(=O)OCc1ccccc1. The second-order valence-electron chi connectivity index (χ2n) is 6.40. The highest BCUT2D eigenvalue weighted by Gasteiger charge is 2.34. The van der Waals surface area contributed by atoms with Gasteiger partial charge < -0.3 is 14.7 Å². The van der Waals surface area contributed by atoms with E-state index >= 15 is 0 Å². The summed E-state index contributed by atoms with van der Waals surface area (Å²) in [6.07, 6.45) is 0.536. The van der Waals surface area contributed by atoms with Gasteiger partial charge in [-0.2, -0.15) is 0 Å². The third-order valence-electron chi connectivity index (χ3n) is 4.64. The normalized spacial score (nSPS) is 19.6. The molecule has 130 valence electrons. The van der Waals surface area contributed by atoms with Crippen molar-refractivity contribution < 1.29 is 19.4 Å². The Balaban J connectivity index is 1.60. The molecule has 1 N–H and O–H groups in total. The number of likely N-dealkylation sites (tertiary alicyclic amines) is 1. The predicted molar refractivity (Wildman–Crippen MR) is 93.6 cm³/mol. The Bertz CT molecular complexity index is 742. The summed E-state index contributed by atoms with van der Waals surface area (Å²) in [5.74, 6) is -0.737. The van der Waals surface area contributed by atoms with Crippen LogP contribution in [-0.4, -0.2) is 34.7 Å². The summed E-state index contributed by atoms with van der Waals surface area (Å²) in [7, 11) is 0. The number of ether oxygens (including phenoxy) is 1. The lowest BCUT2D eigenvalue weighted by atomic mass is 9.96. The summed E-state index contributed by atoms with van der Waals surface area (Å²) in [5, 5.41) is 8.98. The van der Waals surface area contributed by atoms with Crippen LogP contribution < -0.4 is 0 Å². The number of nitrogens with zero attached hydrogens (tertiary/aromatic N) is 1. The lowest BCUT2D eigenvalue weighted by Crippen LogP contribution is -2.34. The summed E-state index contributed by atoms with van der Waals surface area (Å²) >= 11 is 0. The van der Waals surface area contributed by atoms with Crippen molar-refractivity contribution in [3.05, 3.63) is 71.3 Å². The van der Waals surface area contributed by atoms with Crippen LogP contribution in [0.4, 0.5) is 4.79 Å². The van der Waals surface area contributed by atoms with Gasteiger partial charge in [0.1, 0.15) is 6.61 Å². The van der Waals surface area contributed by atoms with Crippen molar-refractivity contribution in [1.82, 2.24) is 4.90 Å². The van der Waals surface area contributed by atoms with E-state index in [1.54, 1.807) is 17.0 Å². The van der Waals surface area contributed by atoms with E-state index in [1.807, 2.05) is 49.4 Å². The summed E-state index contributed by atoms with van der Waals surface area (Å²) in [5.41, 5.74) is 2.28. The van der Waals surface area contributed by atoms with E-state index in [2.05, 4.69) is 0 Å². The predicted octanol–water partition coefficient (Wildman–Crippen LogP) is 3.90. The van der Waals surface area contributed by atoms with Gasteiger partial charge in [-0.25, -0.2) is 9.59 Å². The van der Waals surface area contributed by atoms with E-state index in [-0.39, 0.29) is 30.2 Å². The van der Waals surface area contributed by atoms with Crippen molar-refractivity contribution in [2.45, 2.75) is 31.9 Å². The van der Waals surface area contributed by atoms with E-state index < -0.39 is 5.97 Å². The fraction of sp³-hybridized carbons (Fsp3) is 0.300. The molecule has 1 saturated heterocycles. The summed E-state index contributed by atoms with van der Waals surface area (Å²) in [4.78, 5) is 25.1. The number of rotatable bonds is 4. The monoisotopic (exact) mass is 339 g/mol. The molecule has 0 radical (unpaired) electrons. The molecule has 3 rings (SSSR count). The number of hydrogen-bond donors (Lipinski definition) is 1. The van der Waals surface area contributed by atoms with Gasteiger partial charge in [0.25, 0.3) is 0 Å². The van der Waals surface area contributed by atoms with Crippen LogP contribution in [0.15, 0.2) is 54.6 Å². The molecule has 2 atom stereocenters. The van der Waals surface area contributed by atoms with E-state index in [1.165, 1.54) is 0 Å². The zero-order valence-corrected chi connectivity index (χ0v) is 14.1.